The topological polar surface area (TPSA) is 83.0 Å². The van der Waals surface area contributed by atoms with Crippen LogP contribution >= 0.6 is 0 Å². The van der Waals surface area contributed by atoms with Crippen LogP contribution in [0.4, 0.5) is 0 Å². The number of methoxy groups -OCH3 is 1. The molecule has 0 aliphatic rings. The number of aryl methyl sites for hydroxylation is 1. The van der Waals surface area contributed by atoms with Crippen LogP contribution in [0, 0.1) is 0 Å². The Labute approximate surface area is 127 Å². The summed E-state index contributed by atoms with van der Waals surface area (Å²) in [6.45, 7) is 0.457. The molecule has 3 rings (SSSR count). The Hall–Kier alpha value is -2.89. The van der Waals surface area contributed by atoms with Crippen molar-refractivity contribution in [3.63, 3.8) is 0 Å². The van der Waals surface area contributed by atoms with Crippen LogP contribution in [0.5, 0.6) is 5.88 Å². The van der Waals surface area contributed by atoms with Crippen LogP contribution in [0.25, 0.3) is 22.0 Å². The number of primary amides is 1. The Kier molecular flexibility index (Phi) is 3.74. The van der Waals surface area contributed by atoms with Crippen LogP contribution in [0.1, 0.15) is 6.42 Å². The van der Waals surface area contributed by atoms with Gasteiger partial charge in [0.15, 0.2) is 0 Å². The molecule has 0 aliphatic carbocycles. The van der Waals surface area contributed by atoms with Gasteiger partial charge in [0.25, 0.3) is 0 Å². The lowest BCUT2D eigenvalue weighted by Gasteiger charge is -2.07. The van der Waals surface area contributed by atoms with Gasteiger partial charge in [0.2, 0.25) is 11.8 Å². The number of pyridine rings is 1. The van der Waals surface area contributed by atoms with E-state index < -0.39 is 0 Å². The Morgan fingerprint density at radius 2 is 2.18 bits per heavy atom. The highest BCUT2D eigenvalue weighted by atomic mass is 16.5. The maximum atomic E-state index is 10.8. The van der Waals surface area contributed by atoms with Gasteiger partial charge in [-0.2, -0.15) is 5.10 Å². The number of fused-ring (bicyclic) bond motifs is 1. The fourth-order valence-electron chi connectivity index (χ4n) is 2.31. The fraction of sp³-hybridized carbons (Fsp3) is 0.188. The molecule has 0 atom stereocenters. The molecule has 0 spiro atoms. The summed E-state index contributed by atoms with van der Waals surface area (Å²) in [5, 5.41) is 5.28. The number of rotatable bonds is 5. The van der Waals surface area contributed by atoms with Crippen molar-refractivity contribution >= 4 is 16.8 Å². The highest BCUT2D eigenvalue weighted by Gasteiger charge is 2.11. The van der Waals surface area contributed by atoms with Crippen molar-refractivity contribution in [1.82, 2.24) is 14.8 Å². The number of para-hydroxylation sites is 1. The standard InChI is InChI=1S/C16H16N4O2/c1-22-16-13(8-11-4-2-3-5-14(11)19-16)12-9-18-20(10-12)7-6-15(17)21/h2-5,8-10H,6-7H2,1H3,(H2,17,21). The lowest BCUT2D eigenvalue weighted by Crippen LogP contribution is -2.13. The maximum absolute atomic E-state index is 10.8. The third-order valence-corrected chi connectivity index (χ3v) is 3.41. The van der Waals surface area contributed by atoms with Crippen molar-refractivity contribution in [1.29, 1.82) is 0 Å². The van der Waals surface area contributed by atoms with Gasteiger partial charge in [-0.25, -0.2) is 4.98 Å². The third kappa shape index (κ3) is 2.76. The highest BCUT2D eigenvalue weighted by molar-refractivity contribution is 5.86. The monoisotopic (exact) mass is 296 g/mol. The quantitative estimate of drug-likeness (QED) is 0.780. The molecule has 0 fully saturated rings. The van der Waals surface area contributed by atoms with Crippen LogP contribution in [0.3, 0.4) is 0 Å². The van der Waals surface area contributed by atoms with E-state index in [-0.39, 0.29) is 12.3 Å². The van der Waals surface area contributed by atoms with Crippen LogP contribution in [-0.4, -0.2) is 27.8 Å². The van der Waals surface area contributed by atoms with Gasteiger partial charge >= 0.3 is 0 Å². The summed E-state index contributed by atoms with van der Waals surface area (Å²) < 4.78 is 7.08. The molecule has 0 saturated carbocycles. The number of benzene rings is 1. The number of aromatic nitrogens is 3. The molecule has 0 unspecified atom stereocenters. The minimum Gasteiger partial charge on any atom is -0.481 e. The molecule has 112 valence electrons. The number of carbonyl (C=O) groups excluding carboxylic acids is 1. The molecular weight excluding hydrogens is 280 g/mol. The van der Waals surface area contributed by atoms with Crippen molar-refractivity contribution in [3.05, 3.63) is 42.7 Å². The molecule has 0 saturated heterocycles. The van der Waals surface area contributed by atoms with Gasteiger partial charge in [-0.15, -0.1) is 0 Å². The third-order valence-electron chi connectivity index (χ3n) is 3.41. The molecule has 0 radical (unpaired) electrons. The van der Waals surface area contributed by atoms with E-state index in [1.165, 1.54) is 0 Å². The second kappa shape index (κ2) is 5.85. The van der Waals surface area contributed by atoms with E-state index >= 15 is 0 Å². The molecule has 3 aromatic rings. The lowest BCUT2D eigenvalue weighted by molar-refractivity contribution is -0.118. The predicted molar refractivity (Wildman–Crippen MR) is 83.3 cm³/mol. The predicted octanol–water partition coefficient (Wildman–Crippen LogP) is 1.98. The Balaban J connectivity index is 1.99. The van der Waals surface area contributed by atoms with E-state index in [2.05, 4.69) is 10.1 Å². The van der Waals surface area contributed by atoms with Crippen molar-refractivity contribution in [2.75, 3.05) is 7.11 Å². The van der Waals surface area contributed by atoms with E-state index in [4.69, 9.17) is 10.5 Å². The summed E-state index contributed by atoms with van der Waals surface area (Å²) in [6, 6.07) is 9.88. The van der Waals surface area contributed by atoms with Gasteiger partial charge in [-0.3, -0.25) is 9.48 Å². The van der Waals surface area contributed by atoms with Crippen molar-refractivity contribution in [2.45, 2.75) is 13.0 Å². The number of ether oxygens (including phenoxy) is 1. The summed E-state index contributed by atoms with van der Waals surface area (Å²) in [6.07, 6.45) is 3.85. The molecule has 2 N–H and O–H groups in total. The van der Waals surface area contributed by atoms with E-state index in [0.29, 0.717) is 12.4 Å². The van der Waals surface area contributed by atoms with E-state index in [1.54, 1.807) is 18.0 Å². The normalized spacial score (nSPS) is 10.8. The Morgan fingerprint density at radius 1 is 1.36 bits per heavy atom. The van der Waals surface area contributed by atoms with Crippen molar-refractivity contribution in [2.24, 2.45) is 5.73 Å². The highest BCUT2D eigenvalue weighted by Crippen LogP contribution is 2.31. The van der Waals surface area contributed by atoms with Crippen LogP contribution < -0.4 is 10.5 Å². The smallest absolute Gasteiger partial charge is 0.221 e. The van der Waals surface area contributed by atoms with Gasteiger partial charge < -0.3 is 10.5 Å². The maximum Gasteiger partial charge on any atom is 0.221 e. The molecular formula is C16H16N4O2. The summed E-state index contributed by atoms with van der Waals surface area (Å²) >= 11 is 0. The summed E-state index contributed by atoms with van der Waals surface area (Å²) in [5.41, 5.74) is 7.79. The van der Waals surface area contributed by atoms with E-state index in [1.807, 2.05) is 36.5 Å². The van der Waals surface area contributed by atoms with Gasteiger partial charge in [-0.05, 0) is 12.1 Å². The van der Waals surface area contributed by atoms with Crippen LogP contribution in [0.15, 0.2) is 42.7 Å². The number of nitrogens with zero attached hydrogens (tertiary/aromatic N) is 3. The lowest BCUT2D eigenvalue weighted by atomic mass is 10.1. The Morgan fingerprint density at radius 3 is 2.95 bits per heavy atom. The first-order valence-electron chi connectivity index (χ1n) is 6.92. The average molecular weight is 296 g/mol. The van der Waals surface area contributed by atoms with Crippen LogP contribution in [-0.2, 0) is 11.3 Å². The number of hydrogen-bond donors (Lipinski definition) is 1. The zero-order valence-corrected chi connectivity index (χ0v) is 12.2. The average Bonchev–Trinajstić information content (AvgIpc) is 3.00. The first-order valence-corrected chi connectivity index (χ1v) is 6.92. The zero-order valence-electron chi connectivity index (χ0n) is 12.2. The first kappa shape index (κ1) is 14.1. The van der Waals surface area contributed by atoms with Gasteiger partial charge in [-0.1, -0.05) is 18.2 Å². The van der Waals surface area contributed by atoms with Crippen molar-refractivity contribution in [3.8, 4) is 17.0 Å². The van der Waals surface area contributed by atoms with Gasteiger partial charge in [0, 0.05) is 35.7 Å². The summed E-state index contributed by atoms with van der Waals surface area (Å²) in [4.78, 5) is 15.4. The first-order chi connectivity index (χ1) is 10.7. The van der Waals surface area contributed by atoms with Crippen molar-refractivity contribution < 1.29 is 9.53 Å². The fourth-order valence-corrected chi connectivity index (χ4v) is 2.31. The number of amides is 1. The molecule has 1 amide bonds. The van der Waals surface area contributed by atoms with Gasteiger partial charge in [0.05, 0.1) is 18.8 Å². The second-order valence-electron chi connectivity index (χ2n) is 4.95. The van der Waals surface area contributed by atoms with Crippen LogP contribution in [0.2, 0.25) is 0 Å². The minimum atomic E-state index is -0.345. The molecule has 22 heavy (non-hydrogen) atoms. The van der Waals surface area contributed by atoms with Gasteiger partial charge in [0.1, 0.15) is 0 Å². The van der Waals surface area contributed by atoms with E-state index in [9.17, 15) is 4.79 Å². The largest absolute Gasteiger partial charge is 0.481 e. The van der Waals surface area contributed by atoms with E-state index in [0.717, 1.165) is 22.0 Å². The molecule has 0 aliphatic heterocycles. The number of carbonyl (C=O) groups is 1. The molecule has 2 aromatic heterocycles. The Bertz CT molecular complexity index is 826. The SMILES string of the molecule is COc1nc2ccccc2cc1-c1cnn(CCC(N)=O)c1. The second-order valence-corrected chi connectivity index (χ2v) is 4.95. The molecule has 6 nitrogen and oxygen atoms in total. The molecule has 2 heterocycles. The molecule has 0 bridgehead atoms. The number of nitrogens with two attached hydrogens (primary N) is 1. The summed E-state index contributed by atoms with van der Waals surface area (Å²) in [5.74, 6) is 0.204. The number of hydrogen-bond acceptors (Lipinski definition) is 4. The minimum absolute atomic E-state index is 0.258. The zero-order chi connectivity index (χ0) is 15.5. The summed E-state index contributed by atoms with van der Waals surface area (Å²) in [7, 11) is 1.60. The molecule has 6 heteroatoms. The molecule has 1 aromatic carbocycles.